The number of benzene rings is 1. The van der Waals surface area contributed by atoms with Crippen LogP contribution in [0.15, 0.2) is 12.1 Å². The van der Waals surface area contributed by atoms with Crippen LogP contribution in [0.4, 0.5) is 18.9 Å². The van der Waals surface area contributed by atoms with E-state index in [0.29, 0.717) is 31.9 Å². The predicted molar refractivity (Wildman–Crippen MR) is 92.2 cm³/mol. The third kappa shape index (κ3) is 4.78. The smallest absolute Gasteiger partial charge is 0.245 e. The van der Waals surface area contributed by atoms with Crippen molar-refractivity contribution in [2.75, 3.05) is 25.0 Å². The van der Waals surface area contributed by atoms with Crippen LogP contribution in [0.2, 0.25) is 0 Å². The number of halogens is 3. The Labute approximate surface area is 155 Å². The van der Waals surface area contributed by atoms with Gasteiger partial charge < -0.3 is 15.1 Å². The van der Waals surface area contributed by atoms with Crippen LogP contribution in [0.25, 0.3) is 0 Å². The fourth-order valence-corrected chi connectivity index (χ4v) is 3.13. The normalized spacial score (nSPS) is 16.3. The van der Waals surface area contributed by atoms with Gasteiger partial charge in [-0.2, -0.15) is 0 Å². The standard InChI is InChI=1S/C18H22F3N3O3/c1-3-8-23(18(27)14-5-4-9-24(14)11(2)25)10-15(26)22-13-7-6-12(19)16(20)17(13)21/h6-7,14H,3-5,8-10H2,1-2H3,(H,22,26). The summed E-state index contributed by atoms with van der Waals surface area (Å²) >= 11 is 0. The van der Waals surface area contributed by atoms with Crippen LogP contribution in [0.1, 0.15) is 33.1 Å². The zero-order valence-corrected chi connectivity index (χ0v) is 15.2. The van der Waals surface area contributed by atoms with Gasteiger partial charge in [-0.05, 0) is 31.4 Å². The number of nitrogens with one attached hydrogen (secondary N) is 1. The van der Waals surface area contributed by atoms with E-state index < -0.39 is 35.1 Å². The van der Waals surface area contributed by atoms with E-state index in [1.54, 1.807) is 0 Å². The van der Waals surface area contributed by atoms with Crippen LogP contribution in [0, 0.1) is 17.5 Å². The molecule has 0 bridgehead atoms. The molecule has 1 aliphatic rings. The number of likely N-dealkylation sites (tertiary alicyclic amines) is 1. The molecule has 1 N–H and O–H groups in total. The van der Waals surface area contributed by atoms with Gasteiger partial charge in [-0.25, -0.2) is 13.2 Å². The van der Waals surface area contributed by atoms with E-state index in [1.165, 1.54) is 16.7 Å². The molecule has 6 nitrogen and oxygen atoms in total. The maximum absolute atomic E-state index is 13.7. The van der Waals surface area contributed by atoms with E-state index in [1.807, 2.05) is 6.92 Å². The Morgan fingerprint density at radius 2 is 1.93 bits per heavy atom. The molecule has 1 atom stereocenters. The third-order valence-corrected chi connectivity index (χ3v) is 4.39. The first kappa shape index (κ1) is 20.7. The minimum absolute atomic E-state index is 0.212. The van der Waals surface area contributed by atoms with Crippen LogP contribution in [0.5, 0.6) is 0 Å². The Morgan fingerprint density at radius 1 is 1.22 bits per heavy atom. The first-order valence-electron chi connectivity index (χ1n) is 8.75. The lowest BCUT2D eigenvalue weighted by atomic mass is 10.1. The van der Waals surface area contributed by atoms with Crippen LogP contribution >= 0.6 is 0 Å². The number of hydrogen-bond acceptors (Lipinski definition) is 3. The van der Waals surface area contributed by atoms with Gasteiger partial charge in [0.15, 0.2) is 17.5 Å². The summed E-state index contributed by atoms with van der Waals surface area (Å²) in [5, 5.41) is 2.15. The largest absolute Gasteiger partial charge is 0.332 e. The second kappa shape index (κ2) is 8.88. The summed E-state index contributed by atoms with van der Waals surface area (Å²) in [6.07, 6.45) is 1.78. The van der Waals surface area contributed by atoms with Gasteiger partial charge in [0.2, 0.25) is 17.7 Å². The summed E-state index contributed by atoms with van der Waals surface area (Å²) in [5.74, 6) is -5.86. The molecule has 2 rings (SSSR count). The molecular formula is C18H22F3N3O3. The Hall–Kier alpha value is -2.58. The molecule has 1 aromatic rings. The highest BCUT2D eigenvalue weighted by atomic mass is 19.2. The van der Waals surface area contributed by atoms with Gasteiger partial charge in [-0.15, -0.1) is 0 Å². The summed E-state index contributed by atoms with van der Waals surface area (Å²) < 4.78 is 39.9. The zero-order valence-electron chi connectivity index (χ0n) is 15.2. The summed E-state index contributed by atoms with van der Waals surface area (Å²) in [6, 6.07) is 0.986. The number of carbonyl (C=O) groups excluding carboxylic acids is 3. The maximum atomic E-state index is 13.7. The van der Waals surface area contributed by atoms with Crippen LogP contribution < -0.4 is 5.32 Å². The Morgan fingerprint density at radius 3 is 2.56 bits per heavy atom. The minimum Gasteiger partial charge on any atom is -0.332 e. The highest BCUT2D eigenvalue weighted by Gasteiger charge is 2.35. The van der Waals surface area contributed by atoms with Gasteiger partial charge in [0.05, 0.1) is 12.2 Å². The van der Waals surface area contributed by atoms with E-state index in [-0.39, 0.29) is 24.9 Å². The van der Waals surface area contributed by atoms with Crippen molar-refractivity contribution in [2.24, 2.45) is 0 Å². The van der Waals surface area contributed by atoms with Gasteiger partial charge in [0.1, 0.15) is 6.04 Å². The van der Waals surface area contributed by atoms with Crippen molar-refractivity contribution in [3.63, 3.8) is 0 Å². The van der Waals surface area contributed by atoms with E-state index in [4.69, 9.17) is 0 Å². The Kier molecular flexibility index (Phi) is 6.81. The summed E-state index contributed by atoms with van der Waals surface area (Å²) in [5.41, 5.74) is -0.506. The lowest BCUT2D eigenvalue weighted by Gasteiger charge is -2.29. The van der Waals surface area contributed by atoms with Gasteiger partial charge >= 0.3 is 0 Å². The molecular weight excluding hydrogens is 363 g/mol. The van der Waals surface area contributed by atoms with Crippen LogP contribution in [0.3, 0.4) is 0 Å². The highest BCUT2D eigenvalue weighted by Crippen LogP contribution is 2.21. The summed E-state index contributed by atoms with van der Waals surface area (Å²) in [6.45, 7) is 3.58. The fraction of sp³-hybridized carbons (Fsp3) is 0.500. The average Bonchev–Trinajstić information content (AvgIpc) is 3.11. The molecule has 0 aromatic heterocycles. The number of amides is 3. The maximum Gasteiger partial charge on any atom is 0.245 e. The second-order valence-corrected chi connectivity index (χ2v) is 6.40. The molecule has 1 fully saturated rings. The first-order valence-corrected chi connectivity index (χ1v) is 8.75. The molecule has 3 amide bonds. The molecule has 27 heavy (non-hydrogen) atoms. The molecule has 9 heteroatoms. The topological polar surface area (TPSA) is 69.7 Å². The van der Waals surface area contributed by atoms with Crippen LogP contribution in [-0.2, 0) is 14.4 Å². The third-order valence-electron chi connectivity index (χ3n) is 4.39. The van der Waals surface area contributed by atoms with Crippen molar-refractivity contribution in [1.29, 1.82) is 0 Å². The molecule has 0 radical (unpaired) electrons. The second-order valence-electron chi connectivity index (χ2n) is 6.40. The SMILES string of the molecule is CCCN(CC(=O)Nc1ccc(F)c(F)c1F)C(=O)C1CCCN1C(C)=O. The predicted octanol–water partition coefficient (Wildman–Crippen LogP) is 2.29. The number of rotatable bonds is 6. The molecule has 1 aliphatic heterocycles. The zero-order chi connectivity index (χ0) is 20.1. The van der Waals surface area contributed by atoms with Gasteiger partial charge in [-0.1, -0.05) is 6.92 Å². The van der Waals surface area contributed by atoms with Crippen LogP contribution in [-0.4, -0.2) is 53.2 Å². The summed E-state index contributed by atoms with van der Waals surface area (Å²) in [7, 11) is 0. The molecule has 0 aliphatic carbocycles. The lowest BCUT2D eigenvalue weighted by molar-refractivity contribution is -0.144. The first-order chi connectivity index (χ1) is 12.8. The average molecular weight is 385 g/mol. The monoisotopic (exact) mass is 385 g/mol. The van der Waals surface area contributed by atoms with E-state index in [2.05, 4.69) is 5.32 Å². The van der Waals surface area contributed by atoms with Crippen molar-refractivity contribution in [1.82, 2.24) is 9.80 Å². The molecule has 0 saturated carbocycles. The van der Waals surface area contributed by atoms with Crippen molar-refractivity contribution < 1.29 is 27.6 Å². The fourth-order valence-electron chi connectivity index (χ4n) is 3.13. The van der Waals surface area contributed by atoms with Gasteiger partial charge in [-0.3, -0.25) is 14.4 Å². The molecule has 148 valence electrons. The van der Waals surface area contributed by atoms with Crippen molar-refractivity contribution in [3.8, 4) is 0 Å². The molecule has 1 aromatic carbocycles. The Balaban J connectivity index is 2.09. The van der Waals surface area contributed by atoms with Gasteiger partial charge in [0.25, 0.3) is 0 Å². The van der Waals surface area contributed by atoms with E-state index in [0.717, 1.165) is 6.07 Å². The highest BCUT2D eigenvalue weighted by molar-refractivity contribution is 5.96. The van der Waals surface area contributed by atoms with Crippen molar-refractivity contribution in [2.45, 2.75) is 39.2 Å². The van der Waals surface area contributed by atoms with Crippen molar-refractivity contribution in [3.05, 3.63) is 29.6 Å². The van der Waals surface area contributed by atoms with E-state index >= 15 is 0 Å². The number of anilines is 1. The number of nitrogens with zero attached hydrogens (tertiary/aromatic N) is 2. The Bertz CT molecular complexity index is 742. The van der Waals surface area contributed by atoms with Gasteiger partial charge in [0, 0.05) is 20.0 Å². The quantitative estimate of drug-likeness (QED) is 0.764. The molecule has 0 spiro atoms. The minimum atomic E-state index is -1.68. The number of carbonyl (C=O) groups is 3. The number of hydrogen-bond donors (Lipinski definition) is 1. The molecule has 1 saturated heterocycles. The summed E-state index contributed by atoms with van der Waals surface area (Å²) in [4.78, 5) is 39.4. The van der Waals surface area contributed by atoms with Crippen molar-refractivity contribution >= 4 is 23.4 Å². The lowest BCUT2D eigenvalue weighted by Crippen LogP contribution is -2.49. The van der Waals surface area contributed by atoms with E-state index in [9.17, 15) is 27.6 Å². The molecule has 1 unspecified atom stereocenters. The molecule has 1 heterocycles.